The summed E-state index contributed by atoms with van der Waals surface area (Å²) in [7, 11) is 0. The number of rotatable bonds is 8. The maximum Gasteiger partial charge on any atom is 0.277 e. The molecule has 23 heavy (non-hydrogen) atoms. The average molecular weight is 317 g/mol. The minimum Gasteiger partial charge on any atom is -0.352 e. The van der Waals surface area contributed by atoms with Gasteiger partial charge in [-0.25, -0.2) is 4.68 Å². The Hall–Kier alpha value is -2.28. The Balaban J connectivity index is 1.96. The van der Waals surface area contributed by atoms with E-state index in [0.717, 1.165) is 19.3 Å². The van der Waals surface area contributed by atoms with Crippen LogP contribution >= 0.6 is 0 Å². The molecule has 0 aliphatic carbocycles. The number of benzene rings is 1. The van der Waals surface area contributed by atoms with E-state index in [1.807, 2.05) is 0 Å². The van der Waals surface area contributed by atoms with Crippen LogP contribution in [0.4, 0.5) is 0 Å². The van der Waals surface area contributed by atoms with Gasteiger partial charge < -0.3 is 11.1 Å². The zero-order valence-electron chi connectivity index (χ0n) is 13.4. The molecule has 1 amide bonds. The standard InChI is InChI=1S/C16H23N5O2/c1-2-3-6-12(11-17)18-15(22)9-10-21-16(23)13-7-4-5-8-14(13)19-20-21/h4-5,7-8,12H,2-3,6,9-11,17H2,1H3,(H,18,22). The van der Waals surface area contributed by atoms with Gasteiger partial charge in [0.2, 0.25) is 5.91 Å². The van der Waals surface area contributed by atoms with Gasteiger partial charge in [-0.1, -0.05) is 37.1 Å². The van der Waals surface area contributed by atoms with Gasteiger partial charge in [-0.05, 0) is 18.6 Å². The average Bonchev–Trinajstić information content (AvgIpc) is 2.58. The third kappa shape index (κ3) is 4.59. The molecule has 1 unspecified atom stereocenters. The predicted octanol–water partition coefficient (Wildman–Crippen LogP) is 0.815. The maximum atomic E-state index is 12.3. The highest BCUT2D eigenvalue weighted by Crippen LogP contribution is 2.04. The summed E-state index contributed by atoms with van der Waals surface area (Å²) in [5.41, 5.74) is 5.99. The molecule has 7 nitrogen and oxygen atoms in total. The quantitative estimate of drug-likeness (QED) is 0.750. The van der Waals surface area contributed by atoms with Crippen molar-refractivity contribution in [1.82, 2.24) is 20.3 Å². The smallest absolute Gasteiger partial charge is 0.277 e. The Bertz CT molecular complexity index is 713. The lowest BCUT2D eigenvalue weighted by molar-refractivity contribution is -0.122. The number of carbonyl (C=O) groups is 1. The number of aromatic nitrogens is 3. The maximum absolute atomic E-state index is 12.3. The van der Waals surface area contributed by atoms with Crippen LogP contribution in [0.25, 0.3) is 10.9 Å². The Morgan fingerprint density at radius 2 is 2.17 bits per heavy atom. The first-order valence-corrected chi connectivity index (χ1v) is 7.97. The fraction of sp³-hybridized carbons (Fsp3) is 0.500. The van der Waals surface area contributed by atoms with E-state index in [-0.39, 0.29) is 30.5 Å². The molecular formula is C16H23N5O2. The Kier molecular flexibility index (Phi) is 6.22. The second kappa shape index (κ2) is 8.38. The molecular weight excluding hydrogens is 294 g/mol. The number of unbranched alkanes of at least 4 members (excludes halogenated alkanes) is 1. The van der Waals surface area contributed by atoms with Crippen LogP contribution in [0, 0.1) is 0 Å². The van der Waals surface area contributed by atoms with E-state index >= 15 is 0 Å². The topological polar surface area (TPSA) is 103 Å². The molecule has 124 valence electrons. The molecule has 0 fully saturated rings. The van der Waals surface area contributed by atoms with Crippen molar-refractivity contribution in [3.63, 3.8) is 0 Å². The van der Waals surface area contributed by atoms with E-state index in [0.29, 0.717) is 17.4 Å². The number of aryl methyl sites for hydroxylation is 1. The van der Waals surface area contributed by atoms with Crippen LogP contribution in [0.5, 0.6) is 0 Å². The van der Waals surface area contributed by atoms with Crippen molar-refractivity contribution in [1.29, 1.82) is 0 Å². The monoisotopic (exact) mass is 317 g/mol. The molecule has 1 heterocycles. The normalized spacial score (nSPS) is 12.3. The lowest BCUT2D eigenvalue weighted by Gasteiger charge is -2.16. The van der Waals surface area contributed by atoms with Crippen LogP contribution in [0.15, 0.2) is 29.1 Å². The van der Waals surface area contributed by atoms with Gasteiger partial charge in [0.15, 0.2) is 0 Å². The molecule has 1 atom stereocenters. The summed E-state index contributed by atoms with van der Waals surface area (Å²) in [6.45, 7) is 2.72. The Morgan fingerprint density at radius 3 is 2.91 bits per heavy atom. The Morgan fingerprint density at radius 1 is 1.39 bits per heavy atom. The first kappa shape index (κ1) is 17.1. The van der Waals surface area contributed by atoms with Gasteiger partial charge in [-0.15, -0.1) is 5.10 Å². The van der Waals surface area contributed by atoms with Crippen molar-refractivity contribution in [3.8, 4) is 0 Å². The summed E-state index contributed by atoms with van der Waals surface area (Å²) in [4.78, 5) is 24.3. The highest BCUT2D eigenvalue weighted by molar-refractivity contribution is 5.77. The van der Waals surface area contributed by atoms with Crippen molar-refractivity contribution in [3.05, 3.63) is 34.6 Å². The van der Waals surface area contributed by atoms with E-state index in [2.05, 4.69) is 22.6 Å². The van der Waals surface area contributed by atoms with E-state index in [4.69, 9.17) is 5.73 Å². The minimum absolute atomic E-state index is 0.0122. The third-order valence-electron chi connectivity index (χ3n) is 3.74. The van der Waals surface area contributed by atoms with Crippen molar-refractivity contribution in [2.75, 3.05) is 6.54 Å². The number of amides is 1. The fourth-order valence-corrected chi connectivity index (χ4v) is 2.38. The van der Waals surface area contributed by atoms with Crippen molar-refractivity contribution in [2.45, 2.75) is 45.2 Å². The minimum atomic E-state index is -0.232. The number of nitrogens with one attached hydrogen (secondary N) is 1. The van der Waals surface area contributed by atoms with Crippen LogP contribution in [-0.2, 0) is 11.3 Å². The van der Waals surface area contributed by atoms with Gasteiger partial charge in [-0.2, -0.15) is 0 Å². The van der Waals surface area contributed by atoms with E-state index in [9.17, 15) is 9.59 Å². The van der Waals surface area contributed by atoms with Crippen molar-refractivity contribution >= 4 is 16.8 Å². The molecule has 2 rings (SSSR count). The van der Waals surface area contributed by atoms with Gasteiger partial charge in [0.1, 0.15) is 5.52 Å². The van der Waals surface area contributed by atoms with Crippen molar-refractivity contribution in [2.24, 2.45) is 5.73 Å². The number of hydrogen-bond donors (Lipinski definition) is 2. The molecule has 0 aliphatic heterocycles. The summed E-state index contributed by atoms with van der Waals surface area (Å²) >= 11 is 0. The summed E-state index contributed by atoms with van der Waals surface area (Å²) < 4.78 is 1.23. The van der Waals surface area contributed by atoms with Crippen LogP contribution in [0.2, 0.25) is 0 Å². The molecule has 0 saturated carbocycles. The van der Waals surface area contributed by atoms with Crippen LogP contribution in [0.1, 0.15) is 32.6 Å². The van der Waals surface area contributed by atoms with Crippen LogP contribution in [0.3, 0.4) is 0 Å². The van der Waals surface area contributed by atoms with Gasteiger partial charge in [0, 0.05) is 19.0 Å². The molecule has 1 aromatic carbocycles. The molecule has 7 heteroatoms. The summed E-state index contributed by atoms with van der Waals surface area (Å²) in [5, 5.41) is 11.3. The highest BCUT2D eigenvalue weighted by atomic mass is 16.2. The summed E-state index contributed by atoms with van der Waals surface area (Å²) in [6.07, 6.45) is 3.14. The number of carbonyl (C=O) groups excluding carboxylic acids is 1. The third-order valence-corrected chi connectivity index (χ3v) is 3.74. The first-order valence-electron chi connectivity index (χ1n) is 7.97. The summed E-state index contributed by atoms with van der Waals surface area (Å²) in [6, 6.07) is 7.01. The molecule has 2 aromatic rings. The molecule has 0 bridgehead atoms. The van der Waals surface area contributed by atoms with Gasteiger partial charge in [0.05, 0.1) is 11.9 Å². The second-order valence-electron chi connectivity index (χ2n) is 5.53. The fourth-order valence-electron chi connectivity index (χ4n) is 2.38. The molecule has 0 radical (unpaired) electrons. The second-order valence-corrected chi connectivity index (χ2v) is 5.53. The number of hydrogen-bond acceptors (Lipinski definition) is 5. The largest absolute Gasteiger partial charge is 0.352 e. The summed E-state index contributed by atoms with van der Waals surface area (Å²) in [5.74, 6) is -0.126. The molecule has 0 saturated heterocycles. The lowest BCUT2D eigenvalue weighted by atomic mass is 10.1. The number of nitrogens with two attached hydrogens (primary N) is 1. The number of nitrogens with zero attached hydrogens (tertiary/aromatic N) is 3. The van der Waals surface area contributed by atoms with Crippen LogP contribution in [-0.4, -0.2) is 33.5 Å². The van der Waals surface area contributed by atoms with E-state index in [1.54, 1.807) is 24.3 Å². The zero-order chi connectivity index (χ0) is 16.7. The van der Waals surface area contributed by atoms with Gasteiger partial charge >= 0.3 is 0 Å². The Labute approximate surface area is 134 Å². The van der Waals surface area contributed by atoms with Gasteiger partial charge in [0.25, 0.3) is 5.56 Å². The van der Waals surface area contributed by atoms with Crippen molar-refractivity contribution < 1.29 is 4.79 Å². The van der Waals surface area contributed by atoms with E-state index < -0.39 is 0 Å². The highest BCUT2D eigenvalue weighted by Gasteiger charge is 2.11. The van der Waals surface area contributed by atoms with Crippen LogP contribution < -0.4 is 16.6 Å². The molecule has 3 N–H and O–H groups in total. The lowest BCUT2D eigenvalue weighted by Crippen LogP contribution is -2.40. The van der Waals surface area contributed by atoms with Gasteiger partial charge in [-0.3, -0.25) is 9.59 Å². The molecule has 0 aliphatic rings. The molecule has 1 aromatic heterocycles. The zero-order valence-corrected chi connectivity index (χ0v) is 13.4. The molecule has 0 spiro atoms. The number of fused-ring (bicyclic) bond motifs is 1. The van der Waals surface area contributed by atoms with E-state index in [1.165, 1.54) is 4.68 Å². The SMILES string of the molecule is CCCCC(CN)NC(=O)CCn1nnc2ccccc2c1=O. The predicted molar refractivity (Wildman–Crippen MR) is 88.9 cm³/mol. The first-order chi connectivity index (χ1) is 11.2.